The predicted octanol–water partition coefficient (Wildman–Crippen LogP) is 3.85. The highest BCUT2D eigenvalue weighted by Gasteiger charge is 2.32. The van der Waals surface area contributed by atoms with E-state index < -0.39 is 16.4 Å². The van der Waals surface area contributed by atoms with Crippen LogP contribution in [-0.4, -0.2) is 29.6 Å². The van der Waals surface area contributed by atoms with E-state index in [0.29, 0.717) is 17.7 Å². The molecule has 1 aliphatic heterocycles. The zero-order valence-electron chi connectivity index (χ0n) is 15.3. The fraction of sp³-hybridized carbons (Fsp3) is 0.250. The number of benzene rings is 2. The standard InChI is InChI=1S/C20H20N2O5/c1-12(2)11-21-16-7-5-4-6-14(16)15(20(21)24)8-13-9-17(22(25)26)19(23)18(10-13)27-3/h4-10,12,23H,11H2,1-3H3/b15-8-. The molecule has 0 bridgehead atoms. The van der Waals surface area contributed by atoms with Crippen molar-refractivity contribution in [2.45, 2.75) is 13.8 Å². The first-order valence-electron chi connectivity index (χ1n) is 8.51. The molecule has 0 fully saturated rings. The number of hydrogen-bond acceptors (Lipinski definition) is 5. The summed E-state index contributed by atoms with van der Waals surface area (Å²) in [6, 6.07) is 10.2. The summed E-state index contributed by atoms with van der Waals surface area (Å²) in [5.41, 5.74) is 1.98. The van der Waals surface area contributed by atoms with Gasteiger partial charge < -0.3 is 14.7 Å². The summed E-state index contributed by atoms with van der Waals surface area (Å²) in [5, 5.41) is 21.1. The molecule has 7 heteroatoms. The van der Waals surface area contributed by atoms with Crippen LogP contribution in [0.3, 0.4) is 0 Å². The number of aromatic hydroxyl groups is 1. The van der Waals surface area contributed by atoms with E-state index in [0.717, 1.165) is 11.3 Å². The second-order valence-corrected chi connectivity index (χ2v) is 6.73. The van der Waals surface area contributed by atoms with Crippen molar-refractivity contribution in [1.29, 1.82) is 0 Å². The molecule has 0 saturated heterocycles. The van der Waals surface area contributed by atoms with Crippen LogP contribution < -0.4 is 9.64 Å². The van der Waals surface area contributed by atoms with Gasteiger partial charge in [0.2, 0.25) is 5.75 Å². The Bertz CT molecular complexity index is 949. The lowest BCUT2D eigenvalue weighted by molar-refractivity contribution is -0.386. The smallest absolute Gasteiger partial charge is 0.315 e. The molecular weight excluding hydrogens is 348 g/mol. The maximum Gasteiger partial charge on any atom is 0.315 e. The molecule has 0 atom stereocenters. The molecule has 0 aromatic heterocycles. The fourth-order valence-corrected chi connectivity index (χ4v) is 3.15. The van der Waals surface area contributed by atoms with Crippen molar-refractivity contribution in [1.82, 2.24) is 0 Å². The van der Waals surface area contributed by atoms with Crippen LogP contribution in [0.1, 0.15) is 25.0 Å². The van der Waals surface area contributed by atoms with E-state index >= 15 is 0 Å². The average Bonchev–Trinajstić information content (AvgIpc) is 2.88. The van der Waals surface area contributed by atoms with Crippen molar-refractivity contribution in [3.05, 3.63) is 57.6 Å². The van der Waals surface area contributed by atoms with E-state index in [1.54, 1.807) is 11.0 Å². The van der Waals surface area contributed by atoms with E-state index in [-0.39, 0.29) is 17.6 Å². The average molecular weight is 368 g/mol. The van der Waals surface area contributed by atoms with E-state index in [1.165, 1.54) is 19.2 Å². The van der Waals surface area contributed by atoms with Crippen molar-refractivity contribution in [2.24, 2.45) is 5.92 Å². The normalized spacial score (nSPS) is 14.7. The van der Waals surface area contributed by atoms with Gasteiger partial charge in [-0.1, -0.05) is 32.0 Å². The molecular formula is C20H20N2O5. The van der Waals surface area contributed by atoms with Crippen molar-refractivity contribution < 1.29 is 19.6 Å². The number of para-hydroxylation sites is 1. The molecule has 1 N–H and O–H groups in total. The number of fused-ring (bicyclic) bond motifs is 1. The highest BCUT2D eigenvalue weighted by atomic mass is 16.6. The van der Waals surface area contributed by atoms with Gasteiger partial charge in [0.15, 0.2) is 5.75 Å². The predicted molar refractivity (Wildman–Crippen MR) is 103 cm³/mol. The topological polar surface area (TPSA) is 92.9 Å². The van der Waals surface area contributed by atoms with Crippen molar-refractivity contribution >= 4 is 28.9 Å². The third-order valence-electron chi connectivity index (χ3n) is 4.31. The van der Waals surface area contributed by atoms with Gasteiger partial charge in [-0.3, -0.25) is 14.9 Å². The number of ether oxygens (including phenoxy) is 1. The van der Waals surface area contributed by atoms with Gasteiger partial charge in [0.05, 0.1) is 17.7 Å². The van der Waals surface area contributed by atoms with Crippen LogP contribution in [0.15, 0.2) is 36.4 Å². The molecule has 0 aliphatic carbocycles. The minimum absolute atomic E-state index is 0.0196. The second-order valence-electron chi connectivity index (χ2n) is 6.73. The van der Waals surface area contributed by atoms with Crippen molar-refractivity contribution in [3.8, 4) is 11.5 Å². The Labute approximate surface area is 156 Å². The lowest BCUT2D eigenvalue weighted by Gasteiger charge is -2.19. The Balaban J connectivity index is 2.14. The number of rotatable bonds is 5. The van der Waals surface area contributed by atoms with Crippen LogP contribution in [0.5, 0.6) is 11.5 Å². The third-order valence-corrected chi connectivity index (χ3v) is 4.31. The molecule has 0 saturated carbocycles. The Kier molecular flexibility index (Phi) is 4.85. The third kappa shape index (κ3) is 3.36. The first-order chi connectivity index (χ1) is 12.8. The Morgan fingerprint density at radius 2 is 2.00 bits per heavy atom. The molecule has 0 spiro atoms. The minimum atomic E-state index is -0.685. The second kappa shape index (κ2) is 7.11. The van der Waals surface area contributed by atoms with Crippen LogP contribution in [0.2, 0.25) is 0 Å². The first-order valence-corrected chi connectivity index (χ1v) is 8.51. The molecule has 1 amide bonds. The lowest BCUT2D eigenvalue weighted by atomic mass is 10.0. The maximum absolute atomic E-state index is 13.0. The maximum atomic E-state index is 13.0. The Morgan fingerprint density at radius 1 is 1.30 bits per heavy atom. The summed E-state index contributed by atoms with van der Waals surface area (Å²) in [5.74, 6) is -0.422. The van der Waals surface area contributed by atoms with Crippen molar-refractivity contribution in [2.75, 3.05) is 18.6 Å². The van der Waals surface area contributed by atoms with Gasteiger partial charge in [0.25, 0.3) is 5.91 Å². The van der Waals surface area contributed by atoms with Crippen molar-refractivity contribution in [3.63, 3.8) is 0 Å². The number of methoxy groups -OCH3 is 1. The van der Waals surface area contributed by atoms with Crippen LogP contribution in [0.25, 0.3) is 11.6 Å². The number of nitro groups is 1. The van der Waals surface area contributed by atoms with Gasteiger partial charge in [-0.2, -0.15) is 0 Å². The monoisotopic (exact) mass is 368 g/mol. The largest absolute Gasteiger partial charge is 0.500 e. The van der Waals surface area contributed by atoms with Crippen LogP contribution >= 0.6 is 0 Å². The SMILES string of the molecule is COc1cc(/C=C2\C(=O)N(CC(C)C)c3ccccc32)cc([N+](=O)[O-])c1O. The molecule has 1 heterocycles. The highest BCUT2D eigenvalue weighted by molar-refractivity contribution is 6.35. The fourth-order valence-electron chi connectivity index (χ4n) is 3.15. The number of anilines is 1. The molecule has 2 aromatic carbocycles. The molecule has 140 valence electrons. The van der Waals surface area contributed by atoms with Crippen LogP contribution in [0.4, 0.5) is 11.4 Å². The molecule has 7 nitrogen and oxygen atoms in total. The highest BCUT2D eigenvalue weighted by Crippen LogP contribution is 2.41. The number of carbonyl (C=O) groups is 1. The summed E-state index contributed by atoms with van der Waals surface area (Å²) >= 11 is 0. The summed E-state index contributed by atoms with van der Waals surface area (Å²) in [6.07, 6.45) is 1.59. The molecule has 2 aromatic rings. The molecule has 27 heavy (non-hydrogen) atoms. The van der Waals surface area contributed by atoms with E-state index in [9.17, 15) is 20.0 Å². The number of nitrogens with zero attached hydrogens (tertiary/aromatic N) is 2. The number of nitro benzene ring substituents is 1. The Morgan fingerprint density at radius 3 is 2.63 bits per heavy atom. The number of phenols is 1. The molecule has 0 radical (unpaired) electrons. The van der Waals surface area contributed by atoms with Crippen LogP contribution in [0, 0.1) is 16.0 Å². The van der Waals surface area contributed by atoms with Gasteiger partial charge in [0, 0.05) is 23.7 Å². The van der Waals surface area contributed by atoms with Gasteiger partial charge in [-0.25, -0.2) is 0 Å². The van der Waals surface area contributed by atoms with E-state index in [4.69, 9.17) is 4.74 Å². The first kappa shape index (κ1) is 18.4. The van der Waals surface area contributed by atoms with E-state index in [2.05, 4.69) is 0 Å². The molecule has 3 rings (SSSR count). The number of phenolic OH excluding ortho intramolecular Hbond substituents is 1. The zero-order valence-corrected chi connectivity index (χ0v) is 15.3. The van der Waals surface area contributed by atoms with Gasteiger partial charge >= 0.3 is 5.69 Å². The molecule has 0 unspecified atom stereocenters. The lowest BCUT2D eigenvalue weighted by Crippen LogP contribution is -2.30. The summed E-state index contributed by atoms with van der Waals surface area (Å²) in [7, 11) is 1.32. The minimum Gasteiger partial charge on any atom is -0.500 e. The summed E-state index contributed by atoms with van der Waals surface area (Å²) in [4.78, 5) is 25.2. The Hall–Kier alpha value is -3.35. The number of amides is 1. The summed E-state index contributed by atoms with van der Waals surface area (Å²) in [6.45, 7) is 4.64. The zero-order chi connectivity index (χ0) is 19.7. The number of carbonyl (C=O) groups excluding carboxylic acids is 1. The van der Waals surface area contributed by atoms with Gasteiger partial charge in [-0.15, -0.1) is 0 Å². The molecule has 1 aliphatic rings. The van der Waals surface area contributed by atoms with Crippen LogP contribution in [-0.2, 0) is 4.79 Å². The number of hydrogen-bond donors (Lipinski definition) is 1. The van der Waals surface area contributed by atoms with Gasteiger partial charge in [-0.05, 0) is 29.7 Å². The van der Waals surface area contributed by atoms with Gasteiger partial charge in [0.1, 0.15) is 0 Å². The van der Waals surface area contributed by atoms with E-state index in [1.807, 2.05) is 38.1 Å². The quantitative estimate of drug-likeness (QED) is 0.491. The summed E-state index contributed by atoms with van der Waals surface area (Å²) < 4.78 is 5.03.